The summed E-state index contributed by atoms with van der Waals surface area (Å²) in [4.78, 5) is 24.2. The fraction of sp³-hybridized carbons (Fsp3) is 0.647. The van der Waals surface area contributed by atoms with E-state index < -0.39 is 5.63 Å². The van der Waals surface area contributed by atoms with E-state index in [4.69, 9.17) is 4.42 Å². The number of hydrogen-bond donors (Lipinski definition) is 1. The number of carbonyl (C=O) groups is 1. The van der Waals surface area contributed by atoms with Crippen LogP contribution in [0.25, 0.3) is 0 Å². The molecule has 2 bridgehead atoms. The van der Waals surface area contributed by atoms with Gasteiger partial charge in [-0.05, 0) is 19.3 Å². The van der Waals surface area contributed by atoms with Crippen LogP contribution in [0.3, 0.4) is 0 Å². The molecule has 4 heteroatoms. The molecular weight excluding hydrogens is 268 g/mol. The maximum Gasteiger partial charge on any atom is 0.350 e. The number of Topliss-reactive ketones (excluding diaryl/α,β-unsaturated/α-hetero) is 1. The van der Waals surface area contributed by atoms with E-state index in [0.29, 0.717) is 30.6 Å². The maximum absolute atomic E-state index is 12.2. The molecule has 1 heterocycles. The van der Waals surface area contributed by atoms with Crippen LogP contribution in [0.1, 0.15) is 80.0 Å². The highest BCUT2D eigenvalue weighted by Gasteiger charge is 2.23. The zero-order chi connectivity index (χ0) is 15.2. The van der Waals surface area contributed by atoms with Crippen molar-refractivity contribution < 1.29 is 14.3 Å². The first kappa shape index (κ1) is 15.8. The third-order valence-corrected chi connectivity index (χ3v) is 4.21. The predicted molar refractivity (Wildman–Crippen MR) is 81.0 cm³/mol. The van der Waals surface area contributed by atoms with Crippen LogP contribution in [0.2, 0.25) is 0 Å². The van der Waals surface area contributed by atoms with E-state index in [1.54, 1.807) is 0 Å². The summed E-state index contributed by atoms with van der Waals surface area (Å²) in [6, 6.07) is 0. The Morgan fingerprint density at radius 1 is 0.952 bits per heavy atom. The Hall–Kier alpha value is -1.58. The Bertz CT molecular complexity index is 557. The number of aryl methyl sites for hydroxylation is 1. The van der Waals surface area contributed by atoms with E-state index in [1.165, 1.54) is 12.8 Å². The molecule has 1 N–H and O–H groups in total. The minimum atomic E-state index is -0.687. The number of carbonyl (C=O) groups excluding carboxylic acids is 1. The van der Waals surface area contributed by atoms with Crippen molar-refractivity contribution in [2.45, 2.75) is 71.1 Å². The first-order valence-electron chi connectivity index (χ1n) is 8.06. The molecule has 1 aromatic rings. The van der Waals surface area contributed by atoms with Gasteiger partial charge in [0.15, 0.2) is 5.78 Å². The van der Waals surface area contributed by atoms with Gasteiger partial charge in [0.2, 0.25) is 0 Å². The molecule has 0 aliphatic heterocycles. The van der Waals surface area contributed by atoms with Gasteiger partial charge in [-0.15, -0.1) is 0 Å². The molecule has 0 amide bonds. The fourth-order valence-electron chi connectivity index (χ4n) is 2.99. The minimum Gasteiger partial charge on any atom is -0.506 e. The van der Waals surface area contributed by atoms with Crippen molar-refractivity contribution >= 4 is 5.78 Å². The molecule has 1 aliphatic rings. The van der Waals surface area contributed by atoms with E-state index in [2.05, 4.69) is 0 Å². The smallest absolute Gasteiger partial charge is 0.350 e. The quantitative estimate of drug-likeness (QED) is 0.855. The lowest BCUT2D eigenvalue weighted by Gasteiger charge is -2.11. The largest absolute Gasteiger partial charge is 0.506 e. The zero-order valence-electron chi connectivity index (χ0n) is 12.7. The average molecular weight is 292 g/mol. The highest BCUT2D eigenvalue weighted by atomic mass is 16.4. The first-order chi connectivity index (χ1) is 10.1. The van der Waals surface area contributed by atoms with E-state index >= 15 is 0 Å². The Morgan fingerprint density at radius 2 is 1.52 bits per heavy atom. The molecular formula is C17H24O4. The summed E-state index contributed by atoms with van der Waals surface area (Å²) < 4.78 is 5.28. The van der Waals surface area contributed by atoms with Gasteiger partial charge >= 0.3 is 5.63 Å². The van der Waals surface area contributed by atoms with Crippen molar-refractivity contribution in [3.8, 4) is 5.75 Å². The molecule has 21 heavy (non-hydrogen) atoms. The topological polar surface area (TPSA) is 67.5 Å². The maximum atomic E-state index is 12.2. The molecule has 2 rings (SSSR count). The normalized spacial score (nSPS) is 17.7. The fourth-order valence-corrected chi connectivity index (χ4v) is 2.99. The van der Waals surface area contributed by atoms with Crippen LogP contribution in [0.5, 0.6) is 5.75 Å². The number of fused-ring (bicyclic) bond motifs is 2. The number of aromatic hydroxyl groups is 1. The SMILES string of the molecule is CCc1oc(=O)c2c(O)c1CCCCCCCCCC2=O. The highest BCUT2D eigenvalue weighted by molar-refractivity contribution is 5.98. The summed E-state index contributed by atoms with van der Waals surface area (Å²) in [5.41, 5.74) is -0.172. The number of rotatable bonds is 1. The van der Waals surface area contributed by atoms with Crippen molar-refractivity contribution in [1.29, 1.82) is 0 Å². The molecule has 0 fully saturated rings. The molecule has 1 aliphatic carbocycles. The summed E-state index contributed by atoms with van der Waals surface area (Å²) in [6.07, 6.45) is 8.84. The van der Waals surface area contributed by atoms with Crippen molar-refractivity contribution in [2.75, 3.05) is 0 Å². The van der Waals surface area contributed by atoms with E-state index in [-0.39, 0.29) is 17.1 Å². The lowest BCUT2D eigenvalue weighted by molar-refractivity contribution is 0.0971. The van der Waals surface area contributed by atoms with Crippen LogP contribution in [0.4, 0.5) is 0 Å². The van der Waals surface area contributed by atoms with Crippen LogP contribution < -0.4 is 5.63 Å². The Balaban J connectivity index is 2.41. The summed E-state index contributed by atoms with van der Waals surface area (Å²) in [6.45, 7) is 1.89. The molecule has 0 aromatic carbocycles. The van der Waals surface area contributed by atoms with Crippen LogP contribution in [-0.4, -0.2) is 10.9 Å². The van der Waals surface area contributed by atoms with Crippen molar-refractivity contribution in [2.24, 2.45) is 0 Å². The lowest BCUT2D eigenvalue weighted by Crippen LogP contribution is -2.17. The van der Waals surface area contributed by atoms with Crippen LogP contribution in [0, 0.1) is 0 Å². The Morgan fingerprint density at radius 3 is 2.14 bits per heavy atom. The van der Waals surface area contributed by atoms with E-state index in [1.807, 2.05) is 6.92 Å². The lowest BCUT2D eigenvalue weighted by atomic mass is 9.99. The van der Waals surface area contributed by atoms with Crippen LogP contribution >= 0.6 is 0 Å². The molecule has 4 nitrogen and oxygen atoms in total. The first-order valence-corrected chi connectivity index (χ1v) is 8.06. The molecule has 1 aromatic heterocycles. The van der Waals surface area contributed by atoms with Crippen LogP contribution in [-0.2, 0) is 12.8 Å². The van der Waals surface area contributed by atoms with Gasteiger partial charge in [0.05, 0.1) is 0 Å². The molecule has 0 radical (unpaired) electrons. The Labute approximate surface area is 125 Å². The molecule has 0 atom stereocenters. The monoisotopic (exact) mass is 292 g/mol. The second kappa shape index (κ2) is 7.43. The molecule has 0 saturated carbocycles. The average Bonchev–Trinajstić information content (AvgIpc) is 2.46. The summed E-state index contributed by atoms with van der Waals surface area (Å²) >= 11 is 0. The molecule has 0 saturated heterocycles. The summed E-state index contributed by atoms with van der Waals surface area (Å²) in [5, 5.41) is 10.4. The standard InChI is InChI=1S/C17H24O4/c1-2-14-12-10-8-6-4-3-5-7-9-11-13(18)15(16(12)19)17(20)21-14/h19H,2-11H2,1H3. The van der Waals surface area contributed by atoms with E-state index in [9.17, 15) is 14.7 Å². The minimum absolute atomic E-state index is 0.132. The predicted octanol–water partition coefficient (Wildman–Crippen LogP) is 3.77. The summed E-state index contributed by atoms with van der Waals surface area (Å²) in [5.74, 6) is 0.0978. The van der Waals surface area contributed by atoms with E-state index in [0.717, 1.165) is 32.1 Å². The molecule has 116 valence electrons. The van der Waals surface area contributed by atoms with Gasteiger partial charge in [-0.2, -0.15) is 0 Å². The number of ketones is 1. The van der Waals surface area contributed by atoms with Crippen molar-refractivity contribution in [3.05, 3.63) is 27.3 Å². The van der Waals surface area contributed by atoms with Gasteiger partial charge in [0, 0.05) is 18.4 Å². The second-order valence-corrected chi connectivity index (χ2v) is 5.77. The van der Waals surface area contributed by atoms with Gasteiger partial charge in [-0.3, -0.25) is 4.79 Å². The molecule has 0 spiro atoms. The second-order valence-electron chi connectivity index (χ2n) is 5.77. The van der Waals surface area contributed by atoms with Gasteiger partial charge in [0.25, 0.3) is 0 Å². The third kappa shape index (κ3) is 3.74. The van der Waals surface area contributed by atoms with Crippen LogP contribution in [0.15, 0.2) is 9.21 Å². The van der Waals surface area contributed by atoms with Gasteiger partial charge in [-0.1, -0.05) is 39.0 Å². The molecule has 0 unspecified atom stereocenters. The van der Waals surface area contributed by atoms with Gasteiger partial charge < -0.3 is 9.52 Å². The van der Waals surface area contributed by atoms with Crippen molar-refractivity contribution in [3.63, 3.8) is 0 Å². The third-order valence-electron chi connectivity index (χ3n) is 4.21. The van der Waals surface area contributed by atoms with Gasteiger partial charge in [-0.25, -0.2) is 4.79 Å². The Kier molecular flexibility index (Phi) is 5.59. The zero-order valence-corrected chi connectivity index (χ0v) is 12.7. The van der Waals surface area contributed by atoms with Crippen molar-refractivity contribution in [1.82, 2.24) is 0 Å². The highest BCUT2D eigenvalue weighted by Crippen LogP contribution is 2.28. The number of hydrogen-bond acceptors (Lipinski definition) is 4. The van der Waals surface area contributed by atoms with Gasteiger partial charge in [0.1, 0.15) is 17.1 Å². The summed E-state index contributed by atoms with van der Waals surface area (Å²) in [7, 11) is 0.